The van der Waals surface area contributed by atoms with Crippen molar-refractivity contribution < 1.29 is 245 Å². The predicted octanol–water partition coefficient (Wildman–Crippen LogP) is -14.8. The van der Waals surface area contributed by atoms with Crippen molar-refractivity contribution in [3.63, 3.8) is 0 Å². The molecule has 2 heterocycles. The molecule has 48 heavy (non-hydrogen) atoms. The Hall–Kier alpha value is 0.0855. The van der Waals surface area contributed by atoms with Crippen LogP contribution in [0.15, 0.2) is 36.4 Å². The van der Waals surface area contributed by atoms with Gasteiger partial charge in [-0.25, -0.2) is 0 Å². The summed E-state index contributed by atoms with van der Waals surface area (Å²) in [6.45, 7) is 3.66. The first-order valence-electron chi connectivity index (χ1n) is 12.5. The topological polar surface area (TPSA) is 286 Å². The van der Waals surface area contributed by atoms with E-state index in [-0.39, 0.29) is 276 Å². The van der Waals surface area contributed by atoms with Crippen molar-refractivity contribution in [3.05, 3.63) is 70.3 Å². The number of nitrogens with one attached hydrogen (secondary N) is 4. The summed E-state index contributed by atoms with van der Waals surface area (Å²) < 4.78 is 0. The zero-order valence-corrected chi connectivity index (χ0v) is 39.3. The van der Waals surface area contributed by atoms with Gasteiger partial charge < -0.3 is 60.9 Å². The van der Waals surface area contributed by atoms with E-state index in [0.717, 1.165) is 36.4 Å². The second-order valence-corrected chi connectivity index (χ2v) is 8.91. The van der Waals surface area contributed by atoms with Gasteiger partial charge in [0.05, 0.1) is 23.9 Å². The third-order valence-electron chi connectivity index (χ3n) is 5.51. The average Bonchev–Trinajstić information content (AvgIpc) is 2.94. The molecule has 4 rings (SSSR count). The largest absolute Gasteiger partial charge is 1.00 e. The number of carbonyl (C=O) groups is 4. The monoisotopic (exact) mass is 756 g/mol. The molecule has 22 heteroatoms. The number of aromatic carboxylic acids is 4. The molecule has 0 radical (unpaired) electrons. The molecule has 0 unspecified atom stereocenters. The second kappa shape index (κ2) is 22.9. The molecule has 0 spiro atoms. The van der Waals surface area contributed by atoms with Gasteiger partial charge in [0.25, 0.3) is 0 Å². The van der Waals surface area contributed by atoms with E-state index in [4.69, 9.17) is 0 Å². The van der Waals surface area contributed by atoms with Gasteiger partial charge in [0.2, 0.25) is 23.8 Å². The Balaban J connectivity index is 0.00000552. The van der Waals surface area contributed by atoms with Crippen molar-refractivity contribution in [1.29, 1.82) is 0 Å². The van der Waals surface area contributed by atoms with Gasteiger partial charge in [0.1, 0.15) is 11.6 Å². The van der Waals surface area contributed by atoms with Gasteiger partial charge in [-0.15, -0.1) is 0 Å². The molecule has 2 aromatic carbocycles. The number of hydrogen-bond donors (Lipinski definition) is 4. The summed E-state index contributed by atoms with van der Waals surface area (Å²) in [5.41, 5.74) is -1.40. The number of hydrogen-bond acceptors (Lipinski definition) is 18. The van der Waals surface area contributed by atoms with Crippen LogP contribution < -0.4 is 247 Å². The van der Waals surface area contributed by atoms with Crippen molar-refractivity contribution in [2.45, 2.75) is 13.8 Å². The third kappa shape index (κ3) is 15.0. The van der Waals surface area contributed by atoms with Crippen molar-refractivity contribution >= 4 is 59.0 Å². The van der Waals surface area contributed by atoms with Gasteiger partial charge >= 0.3 is 206 Å². The van der Waals surface area contributed by atoms with Crippen LogP contribution in [0.1, 0.15) is 53.1 Å². The summed E-state index contributed by atoms with van der Waals surface area (Å²) in [6.07, 6.45) is 0. The molecule has 0 bridgehead atoms. The molecule has 0 saturated carbocycles. The minimum Gasteiger partial charge on any atom is -0.545 e. The van der Waals surface area contributed by atoms with E-state index in [9.17, 15) is 39.6 Å². The Morgan fingerprint density at radius 1 is 0.479 bits per heavy atom. The first-order chi connectivity index (χ1) is 20.9. The average molecular weight is 757 g/mol. The Labute approximate surface area is 443 Å². The molecule has 0 atom stereocenters. The SMILES string of the molecule is Cc1nc(NCCNc2nc(C)nc(Nc3cc(C(=O)[O-])cc(C(=O)[O-])c3)n2)nc(Nc2cc(C(=O)[O-])cc(C(=O)[O-])c2)n1.[K+].[K+].[K+].[K+]. The predicted molar refractivity (Wildman–Crippen MR) is 143 cm³/mol. The zero-order valence-electron chi connectivity index (χ0n) is 26.8. The normalized spacial score (nSPS) is 9.62. The number of rotatable bonds is 13. The molecule has 0 aliphatic heterocycles. The number of carboxylic acids is 4. The van der Waals surface area contributed by atoms with Crippen LogP contribution in [0.4, 0.5) is 35.2 Å². The van der Waals surface area contributed by atoms with E-state index in [1.807, 2.05) is 0 Å². The van der Waals surface area contributed by atoms with E-state index >= 15 is 0 Å². The fourth-order valence-electron chi connectivity index (χ4n) is 3.71. The van der Waals surface area contributed by atoms with Crippen molar-refractivity contribution in [2.24, 2.45) is 0 Å². The van der Waals surface area contributed by atoms with E-state index < -0.39 is 23.9 Å². The molecule has 226 valence electrons. The molecule has 0 fully saturated rings. The van der Waals surface area contributed by atoms with Crippen LogP contribution in [0.25, 0.3) is 0 Å². The molecule has 18 nitrogen and oxygen atoms in total. The van der Waals surface area contributed by atoms with Crippen LogP contribution in [0.5, 0.6) is 0 Å². The summed E-state index contributed by atoms with van der Waals surface area (Å²) >= 11 is 0. The van der Waals surface area contributed by atoms with E-state index in [1.54, 1.807) is 13.8 Å². The quantitative estimate of drug-likeness (QED) is 0.0727. The molecule has 0 amide bonds. The number of carbonyl (C=O) groups excluding carboxylic acids is 4. The Kier molecular flexibility index (Phi) is 22.9. The van der Waals surface area contributed by atoms with E-state index in [2.05, 4.69) is 51.2 Å². The Bertz CT molecular complexity index is 1610. The van der Waals surface area contributed by atoms with Gasteiger partial charge in [-0.3, -0.25) is 0 Å². The molecule has 0 aliphatic carbocycles. The number of benzene rings is 2. The summed E-state index contributed by atoms with van der Waals surface area (Å²) in [5, 5.41) is 56.4. The maximum Gasteiger partial charge on any atom is 1.00 e. The fraction of sp³-hybridized carbons (Fsp3) is 0.154. The molecular formula is C26H20K4N10O8. The summed E-state index contributed by atoms with van der Waals surface area (Å²) in [7, 11) is 0. The Morgan fingerprint density at radius 2 is 0.750 bits per heavy atom. The fourth-order valence-corrected chi connectivity index (χ4v) is 3.71. The molecule has 2 aromatic heterocycles. The van der Waals surface area contributed by atoms with Crippen LogP contribution >= 0.6 is 0 Å². The smallest absolute Gasteiger partial charge is 0.545 e. The second-order valence-electron chi connectivity index (χ2n) is 8.91. The van der Waals surface area contributed by atoms with Crippen molar-refractivity contribution in [1.82, 2.24) is 29.9 Å². The first kappa shape index (κ1) is 48.1. The van der Waals surface area contributed by atoms with Gasteiger partial charge in [-0.05, 0) is 72.5 Å². The van der Waals surface area contributed by atoms with Crippen LogP contribution in [0, 0.1) is 13.8 Å². The van der Waals surface area contributed by atoms with Crippen LogP contribution in [-0.2, 0) is 0 Å². The van der Waals surface area contributed by atoms with Crippen LogP contribution in [-0.4, -0.2) is 66.9 Å². The molecule has 0 aliphatic rings. The summed E-state index contributed by atoms with van der Waals surface area (Å²) in [5.74, 6) is -5.44. The number of carboxylic acid groups (broad SMARTS) is 4. The molecule has 4 aromatic rings. The van der Waals surface area contributed by atoms with Gasteiger partial charge in [0, 0.05) is 24.5 Å². The summed E-state index contributed by atoms with van der Waals surface area (Å²) in [6, 6.07) is 6.42. The zero-order chi connectivity index (χ0) is 32.0. The van der Waals surface area contributed by atoms with Gasteiger partial charge in [-0.2, -0.15) is 29.9 Å². The third-order valence-corrected chi connectivity index (χ3v) is 5.51. The van der Waals surface area contributed by atoms with Crippen LogP contribution in [0.3, 0.4) is 0 Å². The maximum absolute atomic E-state index is 11.3. The minimum absolute atomic E-state index is 0. The van der Waals surface area contributed by atoms with Crippen LogP contribution in [0.2, 0.25) is 0 Å². The standard InChI is InChI=1S/C26H24N10O8.4K/c1-11-29-23(35-25(31-11)33-17-7-13(19(37)38)5-14(8-17)20(39)40)27-3-4-28-24-30-12(2)32-26(36-24)34-18-9-15(21(41)42)6-16(10-18)22(43)44;;;;/h5-10H,3-4H2,1-2H3,(H,37,38)(H,39,40)(H,41,42)(H,43,44)(H2,27,29,31,33,35)(H2,28,30,32,34,36);;;;/q;4*+1/p-4. The summed E-state index contributed by atoms with van der Waals surface area (Å²) in [4.78, 5) is 70.0. The minimum atomic E-state index is -1.58. The number of aryl methyl sites for hydroxylation is 2. The van der Waals surface area contributed by atoms with Gasteiger partial charge in [-0.1, -0.05) is 0 Å². The Morgan fingerprint density at radius 3 is 1.02 bits per heavy atom. The molecular weight excluding hydrogens is 737 g/mol. The maximum atomic E-state index is 11.3. The number of aromatic nitrogens is 6. The van der Waals surface area contributed by atoms with Crippen molar-refractivity contribution in [2.75, 3.05) is 34.4 Å². The van der Waals surface area contributed by atoms with E-state index in [1.165, 1.54) is 0 Å². The molecule has 0 saturated heterocycles. The number of anilines is 6. The van der Waals surface area contributed by atoms with Gasteiger partial charge in [0.15, 0.2) is 0 Å². The number of nitrogens with zero attached hydrogens (tertiary/aromatic N) is 6. The van der Waals surface area contributed by atoms with E-state index in [0.29, 0.717) is 11.6 Å². The molecule has 4 N–H and O–H groups in total. The first-order valence-corrected chi connectivity index (χ1v) is 12.5. The van der Waals surface area contributed by atoms with Crippen molar-refractivity contribution in [3.8, 4) is 0 Å².